The number of thioether (sulfide) groups is 1. The van der Waals surface area contributed by atoms with Crippen LogP contribution in [-0.4, -0.2) is 35.6 Å². The van der Waals surface area contributed by atoms with Gasteiger partial charge in [0.25, 0.3) is 0 Å². The molecule has 130 valence electrons. The van der Waals surface area contributed by atoms with E-state index in [1.54, 1.807) is 18.9 Å². The number of carbonyl (C=O) groups is 1. The van der Waals surface area contributed by atoms with Crippen molar-refractivity contribution in [3.05, 3.63) is 29.8 Å². The minimum atomic E-state index is -0.0972. The standard InChI is InChI=1S/C18H25N3O2S/c1-21-18(24-17(20-21)14-8-4-3-5-9-14)19-16(22)12-13-7-6-10-15(11-13)23-2/h6-7,10-11,14,18H,3-5,8-9,12H2,1-2H3,(H,19,22). The third-order valence-corrected chi connectivity index (χ3v) is 5.87. The van der Waals surface area contributed by atoms with Gasteiger partial charge in [0.2, 0.25) is 5.91 Å². The van der Waals surface area contributed by atoms with E-state index in [1.807, 2.05) is 36.3 Å². The molecular weight excluding hydrogens is 322 g/mol. The number of nitrogens with one attached hydrogen (secondary N) is 1. The number of rotatable bonds is 5. The normalized spacial score (nSPS) is 21.5. The molecule has 0 bridgehead atoms. The number of carbonyl (C=O) groups excluding carboxylic acids is 1. The predicted octanol–water partition coefficient (Wildman–Crippen LogP) is 3.21. The molecule has 1 saturated carbocycles. The van der Waals surface area contributed by atoms with Crippen molar-refractivity contribution in [2.24, 2.45) is 11.0 Å². The Balaban J connectivity index is 1.53. The van der Waals surface area contributed by atoms with E-state index in [4.69, 9.17) is 4.74 Å². The second kappa shape index (κ2) is 7.92. The molecule has 1 aliphatic heterocycles. The van der Waals surface area contributed by atoms with E-state index in [1.165, 1.54) is 37.1 Å². The molecule has 24 heavy (non-hydrogen) atoms. The Bertz CT molecular complexity index is 614. The summed E-state index contributed by atoms with van der Waals surface area (Å²) in [6, 6.07) is 7.63. The molecule has 0 saturated heterocycles. The smallest absolute Gasteiger partial charge is 0.226 e. The van der Waals surface area contributed by atoms with Gasteiger partial charge in [0, 0.05) is 13.0 Å². The van der Waals surface area contributed by atoms with Crippen molar-refractivity contribution in [3.8, 4) is 5.75 Å². The summed E-state index contributed by atoms with van der Waals surface area (Å²) in [6.07, 6.45) is 6.72. The first-order chi connectivity index (χ1) is 11.7. The van der Waals surface area contributed by atoms with E-state index in [9.17, 15) is 4.79 Å². The summed E-state index contributed by atoms with van der Waals surface area (Å²) in [4.78, 5) is 12.4. The van der Waals surface area contributed by atoms with Gasteiger partial charge in [0.15, 0.2) is 5.50 Å². The number of ether oxygens (including phenoxy) is 1. The molecule has 0 aromatic heterocycles. The number of hydrogen-bond acceptors (Lipinski definition) is 5. The highest BCUT2D eigenvalue weighted by molar-refractivity contribution is 8.14. The third-order valence-electron chi connectivity index (χ3n) is 4.57. The molecule has 1 fully saturated rings. The van der Waals surface area contributed by atoms with Crippen LogP contribution in [0.2, 0.25) is 0 Å². The van der Waals surface area contributed by atoms with Crippen molar-refractivity contribution >= 4 is 22.7 Å². The Morgan fingerprint density at radius 1 is 1.38 bits per heavy atom. The summed E-state index contributed by atoms with van der Waals surface area (Å²) in [5.74, 6) is 1.36. The predicted molar refractivity (Wildman–Crippen MR) is 98.0 cm³/mol. The first-order valence-corrected chi connectivity index (χ1v) is 9.44. The topological polar surface area (TPSA) is 53.9 Å². The Morgan fingerprint density at radius 3 is 2.92 bits per heavy atom. The van der Waals surface area contributed by atoms with Crippen LogP contribution < -0.4 is 10.1 Å². The Kier molecular flexibility index (Phi) is 5.66. The number of amides is 1. The quantitative estimate of drug-likeness (QED) is 0.889. The molecule has 6 heteroatoms. The highest BCUT2D eigenvalue weighted by atomic mass is 32.2. The minimum Gasteiger partial charge on any atom is -0.497 e. The SMILES string of the molecule is COc1cccc(CC(=O)NC2SC(C3CCCCC3)=NN2C)c1. The third kappa shape index (κ3) is 4.23. The number of hydrazone groups is 1. The van der Waals surface area contributed by atoms with Crippen molar-refractivity contribution in [3.63, 3.8) is 0 Å². The lowest BCUT2D eigenvalue weighted by Crippen LogP contribution is -2.40. The van der Waals surface area contributed by atoms with Gasteiger partial charge in [-0.05, 0) is 30.5 Å². The summed E-state index contributed by atoms with van der Waals surface area (Å²) in [5, 5.41) is 10.8. The second-order valence-electron chi connectivity index (χ2n) is 6.41. The zero-order valence-electron chi connectivity index (χ0n) is 14.3. The van der Waals surface area contributed by atoms with E-state index >= 15 is 0 Å². The van der Waals surface area contributed by atoms with Gasteiger partial charge in [0.1, 0.15) is 10.8 Å². The number of nitrogens with zero attached hydrogens (tertiary/aromatic N) is 2. The maximum Gasteiger partial charge on any atom is 0.226 e. The van der Waals surface area contributed by atoms with E-state index < -0.39 is 0 Å². The van der Waals surface area contributed by atoms with Crippen LogP contribution in [0.25, 0.3) is 0 Å². The Labute approximate surface area is 147 Å². The first-order valence-electron chi connectivity index (χ1n) is 8.56. The van der Waals surface area contributed by atoms with E-state index in [0.29, 0.717) is 12.3 Å². The van der Waals surface area contributed by atoms with Gasteiger partial charge in [0.05, 0.1) is 13.5 Å². The molecule has 1 aromatic carbocycles. The fraction of sp³-hybridized carbons (Fsp3) is 0.556. The summed E-state index contributed by atoms with van der Waals surface area (Å²) in [7, 11) is 3.56. The number of methoxy groups -OCH3 is 1. The molecule has 0 radical (unpaired) electrons. The van der Waals surface area contributed by atoms with Crippen LogP contribution in [0.15, 0.2) is 29.4 Å². The molecule has 3 rings (SSSR count). The highest BCUT2D eigenvalue weighted by Gasteiger charge is 2.31. The summed E-state index contributed by atoms with van der Waals surface area (Å²) >= 11 is 1.69. The summed E-state index contributed by atoms with van der Waals surface area (Å²) in [6.45, 7) is 0. The van der Waals surface area contributed by atoms with E-state index in [2.05, 4.69) is 10.4 Å². The molecule has 1 heterocycles. The van der Waals surface area contributed by atoms with Crippen LogP contribution in [0.4, 0.5) is 0 Å². The number of benzene rings is 1. The van der Waals surface area contributed by atoms with Crippen LogP contribution in [0.3, 0.4) is 0 Å². The Morgan fingerprint density at radius 2 is 2.17 bits per heavy atom. The molecule has 1 atom stereocenters. The summed E-state index contributed by atoms with van der Waals surface area (Å²) in [5.41, 5.74) is 0.853. The van der Waals surface area contributed by atoms with Crippen molar-refractivity contribution in [2.75, 3.05) is 14.2 Å². The monoisotopic (exact) mass is 347 g/mol. The van der Waals surface area contributed by atoms with Crippen molar-refractivity contribution in [1.29, 1.82) is 0 Å². The summed E-state index contributed by atoms with van der Waals surface area (Å²) < 4.78 is 5.21. The molecule has 1 aromatic rings. The number of hydrogen-bond donors (Lipinski definition) is 1. The van der Waals surface area contributed by atoms with Gasteiger partial charge in [-0.15, -0.1) is 0 Å². The van der Waals surface area contributed by atoms with Gasteiger partial charge in [-0.1, -0.05) is 43.2 Å². The van der Waals surface area contributed by atoms with Crippen molar-refractivity contribution < 1.29 is 9.53 Å². The van der Waals surface area contributed by atoms with Gasteiger partial charge in [-0.25, -0.2) is 0 Å². The molecule has 1 unspecified atom stereocenters. The Hall–Kier alpha value is -1.69. The average Bonchev–Trinajstić information content (AvgIpc) is 2.96. The lowest BCUT2D eigenvalue weighted by Gasteiger charge is -2.21. The minimum absolute atomic E-state index is 0.00713. The van der Waals surface area contributed by atoms with E-state index in [-0.39, 0.29) is 11.4 Å². The van der Waals surface area contributed by atoms with E-state index in [0.717, 1.165) is 11.3 Å². The molecule has 5 nitrogen and oxygen atoms in total. The molecule has 1 amide bonds. The first kappa shape index (κ1) is 17.1. The van der Waals surface area contributed by atoms with Gasteiger partial charge in [-0.3, -0.25) is 9.80 Å². The lowest BCUT2D eigenvalue weighted by atomic mass is 9.90. The van der Waals surface area contributed by atoms with Gasteiger partial charge >= 0.3 is 0 Å². The lowest BCUT2D eigenvalue weighted by molar-refractivity contribution is -0.121. The molecule has 2 aliphatic rings. The molecule has 1 N–H and O–H groups in total. The fourth-order valence-electron chi connectivity index (χ4n) is 3.23. The molecular formula is C18H25N3O2S. The van der Waals surface area contributed by atoms with Crippen molar-refractivity contribution in [2.45, 2.75) is 44.0 Å². The zero-order valence-corrected chi connectivity index (χ0v) is 15.1. The largest absolute Gasteiger partial charge is 0.497 e. The zero-order chi connectivity index (χ0) is 16.9. The van der Waals surface area contributed by atoms with Crippen LogP contribution in [-0.2, 0) is 11.2 Å². The van der Waals surface area contributed by atoms with Crippen LogP contribution in [0, 0.1) is 5.92 Å². The van der Waals surface area contributed by atoms with Crippen LogP contribution in [0.5, 0.6) is 5.75 Å². The van der Waals surface area contributed by atoms with Gasteiger partial charge in [-0.2, -0.15) is 5.10 Å². The average molecular weight is 347 g/mol. The maximum absolute atomic E-state index is 12.4. The fourth-order valence-corrected chi connectivity index (χ4v) is 4.45. The maximum atomic E-state index is 12.4. The molecule has 0 spiro atoms. The van der Waals surface area contributed by atoms with Crippen LogP contribution >= 0.6 is 11.8 Å². The highest BCUT2D eigenvalue weighted by Crippen LogP contribution is 2.34. The van der Waals surface area contributed by atoms with Gasteiger partial charge < -0.3 is 10.1 Å². The molecule has 1 aliphatic carbocycles. The second-order valence-corrected chi connectivity index (χ2v) is 7.51. The van der Waals surface area contributed by atoms with Crippen molar-refractivity contribution in [1.82, 2.24) is 10.3 Å². The van der Waals surface area contributed by atoms with Crippen LogP contribution in [0.1, 0.15) is 37.7 Å².